The van der Waals surface area contributed by atoms with E-state index in [1.165, 1.54) is 0 Å². The highest BCUT2D eigenvalue weighted by molar-refractivity contribution is 6.20. The molecule has 2 rings (SSSR count). The SMILES string of the molecule is CCC(C)CC1(CC)C(=O)NC(=Nc2ccc(C)cc2)NC1=O. The Morgan fingerprint density at radius 3 is 2.13 bits per heavy atom. The van der Waals surface area contributed by atoms with E-state index in [1.807, 2.05) is 38.1 Å². The number of hydrogen-bond acceptors (Lipinski definition) is 3. The molecule has 124 valence electrons. The van der Waals surface area contributed by atoms with Gasteiger partial charge >= 0.3 is 0 Å². The molecular weight excluding hydrogens is 290 g/mol. The molecule has 2 amide bonds. The molecule has 1 fully saturated rings. The summed E-state index contributed by atoms with van der Waals surface area (Å²) >= 11 is 0. The van der Waals surface area contributed by atoms with Crippen LogP contribution in [0.4, 0.5) is 5.69 Å². The molecule has 23 heavy (non-hydrogen) atoms. The number of nitrogens with zero attached hydrogens (tertiary/aromatic N) is 1. The fourth-order valence-corrected chi connectivity index (χ4v) is 2.78. The molecule has 1 aliphatic heterocycles. The molecule has 1 heterocycles. The van der Waals surface area contributed by atoms with Gasteiger partial charge in [-0.1, -0.05) is 44.9 Å². The molecule has 1 atom stereocenters. The molecule has 0 bridgehead atoms. The number of benzene rings is 1. The predicted octanol–water partition coefficient (Wildman–Crippen LogP) is 3.06. The third kappa shape index (κ3) is 3.60. The quantitative estimate of drug-likeness (QED) is 0.820. The molecule has 1 aliphatic rings. The zero-order chi connectivity index (χ0) is 17.0. The maximum Gasteiger partial charge on any atom is 0.242 e. The van der Waals surface area contributed by atoms with Gasteiger partial charge in [0, 0.05) is 0 Å². The number of aryl methyl sites for hydroxylation is 1. The van der Waals surface area contributed by atoms with E-state index in [1.54, 1.807) is 0 Å². The largest absolute Gasteiger partial charge is 0.295 e. The van der Waals surface area contributed by atoms with Crippen LogP contribution in [-0.2, 0) is 9.59 Å². The summed E-state index contributed by atoms with van der Waals surface area (Å²) in [5, 5.41) is 5.52. The van der Waals surface area contributed by atoms with Crippen LogP contribution in [-0.4, -0.2) is 17.8 Å². The van der Waals surface area contributed by atoms with E-state index in [-0.39, 0.29) is 17.8 Å². The van der Waals surface area contributed by atoms with Gasteiger partial charge in [-0.2, -0.15) is 0 Å². The molecule has 5 heteroatoms. The summed E-state index contributed by atoms with van der Waals surface area (Å²) in [7, 11) is 0. The average molecular weight is 315 g/mol. The molecule has 1 aromatic carbocycles. The third-order valence-electron chi connectivity index (χ3n) is 4.61. The molecule has 0 spiro atoms. The number of carbonyl (C=O) groups is 2. The molecule has 5 nitrogen and oxygen atoms in total. The number of guanidine groups is 1. The van der Waals surface area contributed by atoms with Crippen molar-refractivity contribution in [1.29, 1.82) is 0 Å². The van der Waals surface area contributed by atoms with E-state index in [0.29, 0.717) is 24.4 Å². The standard InChI is InChI=1S/C18H25N3O2/c1-5-12(3)11-18(6-2)15(22)20-17(21-16(18)23)19-14-9-7-13(4)8-10-14/h7-10,12H,5-6,11H2,1-4H3,(H2,19,20,21,22,23). The zero-order valence-electron chi connectivity index (χ0n) is 14.3. The van der Waals surface area contributed by atoms with Crippen molar-refractivity contribution < 1.29 is 9.59 Å². The summed E-state index contributed by atoms with van der Waals surface area (Å²) in [4.78, 5) is 29.5. The first kappa shape index (κ1) is 17.2. The molecule has 0 radical (unpaired) electrons. The van der Waals surface area contributed by atoms with Gasteiger partial charge < -0.3 is 0 Å². The summed E-state index contributed by atoms with van der Waals surface area (Å²) in [6.45, 7) is 8.00. The van der Waals surface area contributed by atoms with Crippen molar-refractivity contribution >= 4 is 23.5 Å². The van der Waals surface area contributed by atoms with Crippen LogP contribution >= 0.6 is 0 Å². The topological polar surface area (TPSA) is 70.6 Å². The average Bonchev–Trinajstić information content (AvgIpc) is 2.53. The van der Waals surface area contributed by atoms with Crippen LogP contribution in [0.3, 0.4) is 0 Å². The van der Waals surface area contributed by atoms with E-state index < -0.39 is 5.41 Å². The van der Waals surface area contributed by atoms with Crippen molar-refractivity contribution in [2.75, 3.05) is 0 Å². The van der Waals surface area contributed by atoms with Gasteiger partial charge in [0.15, 0.2) is 0 Å². The first-order valence-electron chi connectivity index (χ1n) is 8.19. The van der Waals surface area contributed by atoms with Crippen molar-refractivity contribution in [2.24, 2.45) is 16.3 Å². The van der Waals surface area contributed by atoms with Crippen molar-refractivity contribution in [3.8, 4) is 0 Å². The van der Waals surface area contributed by atoms with Gasteiger partial charge in [-0.15, -0.1) is 0 Å². The highest BCUT2D eigenvalue weighted by Crippen LogP contribution is 2.34. The van der Waals surface area contributed by atoms with Crippen LogP contribution in [0, 0.1) is 18.3 Å². The minimum absolute atomic E-state index is 0.206. The molecule has 1 unspecified atom stereocenters. The van der Waals surface area contributed by atoms with Gasteiger partial charge in [-0.3, -0.25) is 20.2 Å². The lowest BCUT2D eigenvalue weighted by Gasteiger charge is -2.36. The molecule has 1 aromatic rings. The van der Waals surface area contributed by atoms with E-state index in [0.717, 1.165) is 12.0 Å². The summed E-state index contributed by atoms with van der Waals surface area (Å²) in [5.74, 6) is 0.00365. The monoisotopic (exact) mass is 315 g/mol. The predicted molar refractivity (Wildman–Crippen MR) is 91.4 cm³/mol. The Bertz CT molecular complexity index is 600. The second kappa shape index (κ2) is 6.94. The van der Waals surface area contributed by atoms with Gasteiger partial charge in [0.1, 0.15) is 5.41 Å². The van der Waals surface area contributed by atoms with Crippen LogP contribution < -0.4 is 10.6 Å². The lowest BCUT2D eigenvalue weighted by molar-refractivity contribution is -0.145. The summed E-state index contributed by atoms with van der Waals surface area (Å²) in [6, 6.07) is 7.57. The Morgan fingerprint density at radius 1 is 1.09 bits per heavy atom. The summed E-state index contributed by atoms with van der Waals surface area (Å²) in [5.41, 5.74) is 0.822. The van der Waals surface area contributed by atoms with E-state index in [9.17, 15) is 9.59 Å². The minimum atomic E-state index is -0.998. The van der Waals surface area contributed by atoms with Crippen molar-refractivity contribution in [2.45, 2.75) is 47.0 Å². The normalized spacial score (nSPS) is 22.3. The Kier molecular flexibility index (Phi) is 5.19. The van der Waals surface area contributed by atoms with Crippen LogP contribution in [0.1, 0.15) is 45.6 Å². The maximum atomic E-state index is 12.6. The highest BCUT2D eigenvalue weighted by atomic mass is 16.2. The maximum absolute atomic E-state index is 12.6. The Hall–Kier alpha value is -2.17. The fourth-order valence-electron chi connectivity index (χ4n) is 2.78. The van der Waals surface area contributed by atoms with Crippen LogP contribution in [0.15, 0.2) is 29.3 Å². The van der Waals surface area contributed by atoms with E-state index >= 15 is 0 Å². The number of amides is 2. The van der Waals surface area contributed by atoms with Gasteiger partial charge in [0.25, 0.3) is 0 Å². The van der Waals surface area contributed by atoms with Gasteiger partial charge in [-0.25, -0.2) is 4.99 Å². The Labute approximate surface area is 137 Å². The molecule has 1 saturated heterocycles. The first-order valence-corrected chi connectivity index (χ1v) is 8.19. The number of hydrogen-bond donors (Lipinski definition) is 2. The van der Waals surface area contributed by atoms with Crippen LogP contribution in [0.5, 0.6) is 0 Å². The van der Waals surface area contributed by atoms with Gasteiger partial charge in [0.2, 0.25) is 17.8 Å². The number of carbonyl (C=O) groups excluding carboxylic acids is 2. The summed E-state index contributed by atoms with van der Waals surface area (Å²) < 4.78 is 0. The van der Waals surface area contributed by atoms with E-state index in [2.05, 4.69) is 29.5 Å². The number of nitrogens with one attached hydrogen (secondary N) is 2. The Balaban J connectivity index is 2.22. The molecule has 0 aromatic heterocycles. The van der Waals surface area contributed by atoms with E-state index in [4.69, 9.17) is 0 Å². The minimum Gasteiger partial charge on any atom is -0.295 e. The second-order valence-electron chi connectivity index (χ2n) is 6.36. The summed E-state index contributed by atoms with van der Waals surface area (Å²) in [6.07, 6.45) is 1.97. The van der Waals surface area contributed by atoms with Crippen molar-refractivity contribution in [3.05, 3.63) is 29.8 Å². The molecular formula is C18H25N3O2. The highest BCUT2D eigenvalue weighted by Gasteiger charge is 2.48. The third-order valence-corrected chi connectivity index (χ3v) is 4.61. The molecule has 0 saturated carbocycles. The first-order chi connectivity index (χ1) is 10.9. The Morgan fingerprint density at radius 2 is 1.65 bits per heavy atom. The zero-order valence-corrected chi connectivity index (χ0v) is 14.3. The molecule has 0 aliphatic carbocycles. The lowest BCUT2D eigenvalue weighted by atomic mass is 9.74. The van der Waals surface area contributed by atoms with Crippen molar-refractivity contribution in [1.82, 2.24) is 10.6 Å². The smallest absolute Gasteiger partial charge is 0.242 e. The second-order valence-corrected chi connectivity index (χ2v) is 6.36. The lowest BCUT2D eigenvalue weighted by Crippen LogP contribution is -2.63. The molecule has 2 N–H and O–H groups in total. The van der Waals surface area contributed by atoms with Crippen molar-refractivity contribution in [3.63, 3.8) is 0 Å². The fraction of sp³-hybridized carbons (Fsp3) is 0.500. The number of rotatable bonds is 5. The van der Waals surface area contributed by atoms with Crippen LogP contribution in [0.2, 0.25) is 0 Å². The van der Waals surface area contributed by atoms with Gasteiger partial charge in [-0.05, 0) is 37.8 Å². The van der Waals surface area contributed by atoms with Crippen LogP contribution in [0.25, 0.3) is 0 Å². The van der Waals surface area contributed by atoms with Gasteiger partial charge in [0.05, 0.1) is 5.69 Å². The number of aliphatic imine (C=N–C) groups is 1.